The molecular weight excluding hydrogens is 524 g/mol. The van der Waals surface area contributed by atoms with Crippen LogP contribution in [0.2, 0.25) is 0 Å². The van der Waals surface area contributed by atoms with Crippen molar-refractivity contribution in [1.29, 1.82) is 0 Å². The predicted octanol–water partition coefficient (Wildman–Crippen LogP) is 14.9. The second kappa shape index (κ2) is 37.7. The van der Waals surface area contributed by atoms with E-state index in [2.05, 4.69) is 20.8 Å². The summed E-state index contributed by atoms with van der Waals surface area (Å²) < 4.78 is 5.65. The molecular formula is C41H82O2. The highest BCUT2D eigenvalue weighted by Crippen LogP contribution is 2.24. The summed E-state index contributed by atoms with van der Waals surface area (Å²) in [4.78, 5) is 12.2. The minimum absolute atomic E-state index is 0.0421. The third-order valence-electron chi connectivity index (χ3n) is 9.69. The van der Waals surface area contributed by atoms with Crippen molar-refractivity contribution in [3.8, 4) is 0 Å². The van der Waals surface area contributed by atoms with Gasteiger partial charge in [0.05, 0.1) is 6.61 Å². The monoisotopic (exact) mass is 607 g/mol. The normalized spacial score (nSPS) is 11.5. The van der Waals surface area contributed by atoms with Gasteiger partial charge in [-0.05, 0) is 25.2 Å². The van der Waals surface area contributed by atoms with Gasteiger partial charge in [0, 0.05) is 6.42 Å². The van der Waals surface area contributed by atoms with Crippen LogP contribution in [0, 0.1) is 5.92 Å². The molecule has 0 spiro atoms. The number of carbonyl (C=O) groups excluding carboxylic acids is 1. The van der Waals surface area contributed by atoms with Crippen molar-refractivity contribution in [3.63, 3.8) is 0 Å². The lowest BCUT2D eigenvalue weighted by Crippen LogP contribution is -2.08. The van der Waals surface area contributed by atoms with Gasteiger partial charge in [-0.2, -0.15) is 0 Å². The number of hydrogen-bond donors (Lipinski definition) is 0. The Morgan fingerprint density at radius 1 is 0.372 bits per heavy atom. The second-order valence-corrected chi connectivity index (χ2v) is 14.1. The van der Waals surface area contributed by atoms with Crippen LogP contribution in [0.15, 0.2) is 0 Å². The van der Waals surface area contributed by atoms with Crippen molar-refractivity contribution in [3.05, 3.63) is 0 Å². The van der Waals surface area contributed by atoms with Crippen molar-refractivity contribution in [2.75, 3.05) is 6.61 Å². The minimum atomic E-state index is 0.0421. The van der Waals surface area contributed by atoms with E-state index < -0.39 is 0 Å². The molecule has 0 aromatic carbocycles. The Hall–Kier alpha value is -0.530. The standard InChI is InChI=1S/C41H82O2/c1-4-7-10-13-16-19-22-25-28-31-35-40(36-32-29-26-23-20-17-14-11-8-5-2)37-34-39-43-41(42)38-33-30-27-24-21-18-15-12-9-6-3/h40H,4-39H2,1-3H3. The van der Waals surface area contributed by atoms with Crippen molar-refractivity contribution in [1.82, 2.24) is 0 Å². The first-order valence-corrected chi connectivity index (χ1v) is 20.4. The highest BCUT2D eigenvalue weighted by molar-refractivity contribution is 5.69. The van der Waals surface area contributed by atoms with Crippen LogP contribution in [0.25, 0.3) is 0 Å². The van der Waals surface area contributed by atoms with Crippen molar-refractivity contribution < 1.29 is 9.53 Å². The van der Waals surface area contributed by atoms with E-state index in [1.165, 1.54) is 205 Å². The molecule has 0 aliphatic heterocycles. The molecule has 0 unspecified atom stereocenters. The van der Waals surface area contributed by atoms with Gasteiger partial charge in [0.25, 0.3) is 0 Å². The van der Waals surface area contributed by atoms with Crippen LogP contribution in [-0.4, -0.2) is 12.6 Å². The quantitative estimate of drug-likeness (QED) is 0.0519. The molecule has 0 saturated carbocycles. The van der Waals surface area contributed by atoms with E-state index in [9.17, 15) is 4.79 Å². The SMILES string of the molecule is CCCCCCCCCCCCC(=O)OCCCC(CCCCCCCCCCCC)CCCCCCCCCCCC. The molecule has 0 bridgehead atoms. The smallest absolute Gasteiger partial charge is 0.305 e. The molecule has 2 heteroatoms. The third kappa shape index (κ3) is 35.8. The fraction of sp³-hybridized carbons (Fsp3) is 0.976. The van der Waals surface area contributed by atoms with E-state index in [-0.39, 0.29) is 5.97 Å². The summed E-state index contributed by atoms with van der Waals surface area (Å²) in [6.45, 7) is 7.53. The molecule has 0 aliphatic rings. The zero-order valence-electron chi connectivity index (χ0n) is 30.3. The second-order valence-electron chi connectivity index (χ2n) is 14.1. The molecule has 0 N–H and O–H groups in total. The van der Waals surface area contributed by atoms with Gasteiger partial charge in [0.2, 0.25) is 0 Å². The number of rotatable bonds is 37. The Morgan fingerprint density at radius 3 is 1.00 bits per heavy atom. The summed E-state index contributed by atoms with van der Waals surface area (Å²) in [6.07, 6.45) is 47.2. The van der Waals surface area contributed by atoms with Crippen LogP contribution in [0.4, 0.5) is 0 Å². The number of carbonyl (C=O) groups is 1. The highest BCUT2D eigenvalue weighted by atomic mass is 16.5. The van der Waals surface area contributed by atoms with Crippen LogP contribution in [0.1, 0.15) is 245 Å². The Bertz CT molecular complexity index is 492. The van der Waals surface area contributed by atoms with E-state index in [4.69, 9.17) is 4.74 Å². The Balaban J connectivity index is 3.98. The van der Waals surface area contributed by atoms with Crippen LogP contribution in [0.3, 0.4) is 0 Å². The first-order chi connectivity index (χ1) is 21.2. The summed E-state index contributed by atoms with van der Waals surface area (Å²) in [5, 5.41) is 0. The van der Waals surface area contributed by atoms with E-state index in [1.54, 1.807) is 0 Å². The van der Waals surface area contributed by atoms with E-state index in [0.29, 0.717) is 13.0 Å². The van der Waals surface area contributed by atoms with Gasteiger partial charge in [-0.15, -0.1) is 0 Å². The third-order valence-corrected chi connectivity index (χ3v) is 9.69. The van der Waals surface area contributed by atoms with Crippen molar-refractivity contribution >= 4 is 5.97 Å². The first-order valence-electron chi connectivity index (χ1n) is 20.4. The molecule has 0 heterocycles. The molecule has 43 heavy (non-hydrogen) atoms. The molecule has 0 radical (unpaired) electrons. The zero-order valence-corrected chi connectivity index (χ0v) is 30.3. The summed E-state index contributed by atoms with van der Waals surface area (Å²) in [5.74, 6) is 0.879. The number of hydrogen-bond acceptors (Lipinski definition) is 2. The van der Waals surface area contributed by atoms with Crippen LogP contribution < -0.4 is 0 Å². The maximum Gasteiger partial charge on any atom is 0.305 e. The Morgan fingerprint density at radius 2 is 0.651 bits per heavy atom. The molecule has 0 fully saturated rings. The molecule has 2 nitrogen and oxygen atoms in total. The minimum Gasteiger partial charge on any atom is -0.466 e. The van der Waals surface area contributed by atoms with Crippen LogP contribution >= 0.6 is 0 Å². The van der Waals surface area contributed by atoms with Gasteiger partial charge in [0.15, 0.2) is 0 Å². The number of unbranched alkanes of at least 4 members (excludes halogenated alkanes) is 27. The van der Waals surface area contributed by atoms with Gasteiger partial charge in [-0.25, -0.2) is 0 Å². The molecule has 0 aliphatic carbocycles. The lowest BCUT2D eigenvalue weighted by atomic mass is 9.90. The van der Waals surface area contributed by atoms with Crippen molar-refractivity contribution in [2.24, 2.45) is 5.92 Å². The molecule has 258 valence electrons. The Kier molecular flexibility index (Phi) is 37.2. The maximum absolute atomic E-state index is 12.2. The first kappa shape index (κ1) is 42.5. The van der Waals surface area contributed by atoms with Gasteiger partial charge in [0.1, 0.15) is 0 Å². The van der Waals surface area contributed by atoms with E-state index >= 15 is 0 Å². The van der Waals surface area contributed by atoms with Gasteiger partial charge in [-0.1, -0.05) is 220 Å². The Labute approximate surface area is 273 Å². The highest BCUT2D eigenvalue weighted by Gasteiger charge is 2.10. The number of esters is 1. The largest absolute Gasteiger partial charge is 0.466 e. The van der Waals surface area contributed by atoms with Gasteiger partial charge < -0.3 is 4.74 Å². The predicted molar refractivity (Wildman–Crippen MR) is 193 cm³/mol. The average molecular weight is 607 g/mol. The molecule has 0 saturated heterocycles. The summed E-state index contributed by atoms with van der Waals surface area (Å²) >= 11 is 0. The summed E-state index contributed by atoms with van der Waals surface area (Å²) in [5.41, 5.74) is 0. The van der Waals surface area contributed by atoms with Crippen LogP contribution in [0.5, 0.6) is 0 Å². The van der Waals surface area contributed by atoms with E-state index in [0.717, 1.165) is 18.8 Å². The fourth-order valence-electron chi connectivity index (χ4n) is 6.66. The molecule has 0 rings (SSSR count). The molecule has 0 aromatic heterocycles. The topological polar surface area (TPSA) is 26.3 Å². The van der Waals surface area contributed by atoms with Gasteiger partial charge in [-0.3, -0.25) is 4.79 Å². The number of ether oxygens (including phenoxy) is 1. The zero-order chi connectivity index (χ0) is 31.3. The lowest BCUT2D eigenvalue weighted by Gasteiger charge is -2.17. The maximum atomic E-state index is 12.2. The summed E-state index contributed by atoms with van der Waals surface area (Å²) in [7, 11) is 0. The van der Waals surface area contributed by atoms with Crippen molar-refractivity contribution in [2.45, 2.75) is 245 Å². The lowest BCUT2D eigenvalue weighted by molar-refractivity contribution is -0.144. The fourth-order valence-corrected chi connectivity index (χ4v) is 6.66. The molecule has 0 atom stereocenters. The van der Waals surface area contributed by atoms with E-state index in [1.807, 2.05) is 0 Å². The average Bonchev–Trinajstić information content (AvgIpc) is 3.01. The molecule has 0 amide bonds. The van der Waals surface area contributed by atoms with Gasteiger partial charge >= 0.3 is 5.97 Å². The molecule has 0 aromatic rings. The van der Waals surface area contributed by atoms with Crippen LogP contribution in [-0.2, 0) is 9.53 Å². The summed E-state index contributed by atoms with van der Waals surface area (Å²) in [6, 6.07) is 0.